The maximum Gasteiger partial charge on any atom is 0.246 e. The molecule has 1 N–H and O–H groups in total. The zero-order valence-electron chi connectivity index (χ0n) is 8.54. The quantitative estimate of drug-likeness (QED) is 0.744. The Bertz CT molecular complexity index is 314. The van der Waals surface area contributed by atoms with Crippen molar-refractivity contribution >= 4 is 5.91 Å². The van der Waals surface area contributed by atoms with Gasteiger partial charge in [-0.25, -0.2) is 0 Å². The van der Waals surface area contributed by atoms with Gasteiger partial charge in [0.15, 0.2) is 0 Å². The highest BCUT2D eigenvalue weighted by Crippen LogP contribution is 2.13. The maximum absolute atomic E-state index is 11.2. The number of furan rings is 1. The highest BCUT2D eigenvalue weighted by atomic mass is 16.3. The van der Waals surface area contributed by atoms with Crippen LogP contribution in [0.1, 0.15) is 25.5 Å². The Hall–Kier alpha value is -1.51. The van der Waals surface area contributed by atoms with Crippen LogP contribution in [0.2, 0.25) is 0 Å². The van der Waals surface area contributed by atoms with Crippen LogP contribution in [0.3, 0.4) is 0 Å². The van der Waals surface area contributed by atoms with E-state index >= 15 is 0 Å². The molecule has 0 bridgehead atoms. The highest BCUT2D eigenvalue weighted by molar-refractivity contribution is 5.92. The van der Waals surface area contributed by atoms with E-state index in [1.54, 1.807) is 13.2 Å². The molecule has 0 aliphatic rings. The summed E-state index contributed by atoms with van der Waals surface area (Å²) in [6.45, 7) is 7.81. The Morgan fingerprint density at radius 2 is 2.43 bits per heavy atom. The van der Waals surface area contributed by atoms with Crippen molar-refractivity contribution in [1.82, 2.24) is 5.32 Å². The smallest absolute Gasteiger partial charge is 0.246 e. The fourth-order valence-corrected chi connectivity index (χ4v) is 1.07. The van der Waals surface area contributed by atoms with Gasteiger partial charge in [0, 0.05) is 18.0 Å². The van der Waals surface area contributed by atoms with Crippen molar-refractivity contribution in [3.05, 3.63) is 36.3 Å². The second-order valence-corrected chi connectivity index (χ2v) is 3.41. The number of rotatable bonds is 4. The molecule has 0 radical (unpaired) electrons. The van der Waals surface area contributed by atoms with E-state index < -0.39 is 0 Å². The summed E-state index contributed by atoms with van der Waals surface area (Å²) in [4.78, 5) is 11.2. The van der Waals surface area contributed by atoms with Gasteiger partial charge < -0.3 is 9.73 Å². The van der Waals surface area contributed by atoms with Crippen molar-refractivity contribution in [3.63, 3.8) is 0 Å². The van der Waals surface area contributed by atoms with Gasteiger partial charge in [-0.3, -0.25) is 4.79 Å². The second-order valence-electron chi connectivity index (χ2n) is 3.41. The molecule has 0 saturated heterocycles. The van der Waals surface area contributed by atoms with Crippen LogP contribution in [0.15, 0.2) is 35.0 Å². The molecule has 0 saturated carbocycles. The lowest BCUT2D eigenvalue weighted by molar-refractivity contribution is -0.117. The summed E-state index contributed by atoms with van der Waals surface area (Å²) in [5.41, 5.74) is 0.525. The molecular weight excluding hydrogens is 178 g/mol. The van der Waals surface area contributed by atoms with Crippen LogP contribution in [0, 0.1) is 0 Å². The minimum Gasteiger partial charge on any atom is -0.469 e. The molecule has 1 aromatic heterocycles. The van der Waals surface area contributed by atoms with Gasteiger partial charge in [0.2, 0.25) is 5.91 Å². The van der Waals surface area contributed by atoms with E-state index in [0.717, 1.165) is 5.76 Å². The topological polar surface area (TPSA) is 42.2 Å². The van der Waals surface area contributed by atoms with E-state index in [1.807, 2.05) is 19.1 Å². The van der Waals surface area contributed by atoms with Gasteiger partial charge in [-0.2, -0.15) is 0 Å². The Labute approximate surface area is 83.8 Å². The highest BCUT2D eigenvalue weighted by Gasteiger charge is 2.09. The molecule has 1 amide bonds. The molecule has 14 heavy (non-hydrogen) atoms. The molecule has 0 aliphatic carbocycles. The molecule has 1 heterocycles. The van der Waals surface area contributed by atoms with Crippen molar-refractivity contribution < 1.29 is 9.21 Å². The lowest BCUT2D eigenvalue weighted by Crippen LogP contribution is -2.27. The predicted molar refractivity (Wildman–Crippen MR) is 54.9 cm³/mol. The van der Waals surface area contributed by atoms with Crippen LogP contribution >= 0.6 is 0 Å². The molecule has 1 rings (SSSR count). The Balaban J connectivity index is 2.39. The lowest BCUT2D eigenvalue weighted by atomic mass is 10.1. The summed E-state index contributed by atoms with van der Waals surface area (Å²) in [5, 5.41) is 2.77. The van der Waals surface area contributed by atoms with E-state index in [9.17, 15) is 4.79 Å². The third-order valence-electron chi connectivity index (χ3n) is 1.99. The maximum atomic E-state index is 11.2. The van der Waals surface area contributed by atoms with Crippen LogP contribution in [0.25, 0.3) is 0 Å². The molecule has 0 spiro atoms. The Kier molecular flexibility index (Phi) is 3.51. The first-order valence-electron chi connectivity index (χ1n) is 4.58. The number of nitrogens with one attached hydrogen (secondary N) is 1. The summed E-state index contributed by atoms with van der Waals surface area (Å²) in [6.07, 6.45) is 1.63. The number of hydrogen-bond donors (Lipinski definition) is 1. The van der Waals surface area contributed by atoms with E-state index in [4.69, 9.17) is 4.42 Å². The van der Waals surface area contributed by atoms with Crippen LogP contribution in [-0.4, -0.2) is 12.5 Å². The molecular formula is C11H15NO2. The van der Waals surface area contributed by atoms with Gasteiger partial charge in [-0.05, 0) is 19.1 Å². The normalized spacial score (nSPS) is 12.1. The average Bonchev–Trinajstić information content (AvgIpc) is 2.66. The predicted octanol–water partition coefficient (Wildman–Crippen LogP) is 2.08. The molecule has 0 aliphatic heterocycles. The fourth-order valence-electron chi connectivity index (χ4n) is 1.07. The standard InChI is InChI=1S/C11H15NO2/c1-8(2)11(13)12-7-9(3)10-5-4-6-14-10/h4-6,9H,1,7H2,2-3H3,(H,12,13). The zero-order valence-corrected chi connectivity index (χ0v) is 8.54. The molecule has 3 heteroatoms. The molecule has 0 aromatic carbocycles. The monoisotopic (exact) mass is 193 g/mol. The Morgan fingerprint density at radius 1 is 1.71 bits per heavy atom. The largest absolute Gasteiger partial charge is 0.469 e. The summed E-state index contributed by atoms with van der Waals surface area (Å²) in [7, 11) is 0. The number of hydrogen-bond acceptors (Lipinski definition) is 2. The first-order chi connectivity index (χ1) is 6.61. The van der Waals surface area contributed by atoms with Gasteiger partial charge >= 0.3 is 0 Å². The van der Waals surface area contributed by atoms with Crippen molar-refractivity contribution in [2.45, 2.75) is 19.8 Å². The van der Waals surface area contributed by atoms with Crippen LogP contribution in [0.4, 0.5) is 0 Å². The molecule has 76 valence electrons. The second kappa shape index (κ2) is 4.65. The van der Waals surface area contributed by atoms with E-state index in [2.05, 4.69) is 11.9 Å². The first-order valence-corrected chi connectivity index (χ1v) is 4.58. The van der Waals surface area contributed by atoms with E-state index in [0.29, 0.717) is 12.1 Å². The minimum atomic E-state index is -0.108. The van der Waals surface area contributed by atoms with Crippen LogP contribution in [0.5, 0.6) is 0 Å². The summed E-state index contributed by atoms with van der Waals surface area (Å²) >= 11 is 0. The molecule has 3 nitrogen and oxygen atoms in total. The van der Waals surface area contributed by atoms with Crippen molar-refractivity contribution in [2.24, 2.45) is 0 Å². The zero-order chi connectivity index (χ0) is 10.6. The van der Waals surface area contributed by atoms with Crippen LogP contribution in [-0.2, 0) is 4.79 Å². The Morgan fingerprint density at radius 3 is 2.93 bits per heavy atom. The minimum absolute atomic E-state index is 0.108. The average molecular weight is 193 g/mol. The third kappa shape index (κ3) is 2.76. The number of carbonyl (C=O) groups excluding carboxylic acids is 1. The van der Waals surface area contributed by atoms with Gasteiger partial charge in [0.1, 0.15) is 5.76 Å². The molecule has 0 fully saturated rings. The number of carbonyl (C=O) groups is 1. The van der Waals surface area contributed by atoms with Gasteiger partial charge in [-0.1, -0.05) is 13.5 Å². The van der Waals surface area contributed by atoms with Crippen LogP contribution < -0.4 is 5.32 Å². The van der Waals surface area contributed by atoms with Gasteiger partial charge in [0.05, 0.1) is 6.26 Å². The SMILES string of the molecule is C=C(C)C(=O)NCC(C)c1ccco1. The summed E-state index contributed by atoms with van der Waals surface area (Å²) in [5.74, 6) is 0.962. The van der Waals surface area contributed by atoms with Crippen molar-refractivity contribution in [2.75, 3.05) is 6.54 Å². The summed E-state index contributed by atoms with van der Waals surface area (Å²) < 4.78 is 5.21. The lowest BCUT2D eigenvalue weighted by Gasteiger charge is -2.09. The summed E-state index contributed by atoms with van der Waals surface area (Å²) in [6, 6.07) is 3.74. The van der Waals surface area contributed by atoms with E-state index in [-0.39, 0.29) is 11.8 Å². The fraction of sp³-hybridized carbons (Fsp3) is 0.364. The van der Waals surface area contributed by atoms with Gasteiger partial charge in [-0.15, -0.1) is 0 Å². The molecule has 1 atom stereocenters. The van der Waals surface area contributed by atoms with Gasteiger partial charge in [0.25, 0.3) is 0 Å². The molecule has 1 aromatic rings. The van der Waals surface area contributed by atoms with Crippen molar-refractivity contribution in [3.8, 4) is 0 Å². The third-order valence-corrected chi connectivity index (χ3v) is 1.99. The number of amides is 1. The van der Waals surface area contributed by atoms with Crippen molar-refractivity contribution in [1.29, 1.82) is 0 Å². The van der Waals surface area contributed by atoms with E-state index in [1.165, 1.54) is 0 Å². The molecule has 1 unspecified atom stereocenters. The first kappa shape index (κ1) is 10.6.